The molecule has 0 aliphatic heterocycles. The molecule has 2 saturated carbocycles. The molecule has 0 unspecified atom stereocenters. The van der Waals surface area contributed by atoms with E-state index in [1.807, 2.05) is 0 Å². The molecule has 4 atom stereocenters. The zero-order chi connectivity index (χ0) is 16.6. The minimum absolute atomic E-state index is 0.312. The Bertz CT molecular complexity index is 496. The van der Waals surface area contributed by atoms with Crippen LogP contribution in [0, 0.1) is 28.6 Å². The van der Waals surface area contributed by atoms with Crippen LogP contribution in [0.5, 0.6) is 0 Å². The van der Waals surface area contributed by atoms with Gasteiger partial charge in [-0.05, 0) is 71.6 Å². The molecule has 3 rings (SSSR count). The summed E-state index contributed by atoms with van der Waals surface area (Å²) in [7, 11) is -1.63. The third-order valence-corrected chi connectivity index (χ3v) is 12.0. The topological polar surface area (TPSA) is 9.23 Å². The van der Waals surface area contributed by atoms with Crippen molar-refractivity contribution in [2.24, 2.45) is 28.6 Å². The highest BCUT2D eigenvalue weighted by atomic mass is 28.4. The molecule has 1 nitrogen and oxygen atoms in total. The van der Waals surface area contributed by atoms with Crippen molar-refractivity contribution in [3.8, 4) is 0 Å². The predicted molar refractivity (Wildman–Crippen MR) is 97.4 cm³/mol. The van der Waals surface area contributed by atoms with E-state index in [-0.39, 0.29) is 0 Å². The van der Waals surface area contributed by atoms with Crippen molar-refractivity contribution in [2.75, 3.05) is 6.61 Å². The summed E-state index contributed by atoms with van der Waals surface area (Å²) in [5, 5.41) is 0.312. The Morgan fingerprint density at radius 1 is 1.14 bits per heavy atom. The van der Waals surface area contributed by atoms with Gasteiger partial charge in [0.2, 0.25) is 0 Å². The van der Waals surface area contributed by atoms with E-state index in [1.54, 1.807) is 5.57 Å². The van der Waals surface area contributed by atoms with Crippen LogP contribution in [0.25, 0.3) is 0 Å². The monoisotopic (exact) mass is 320 g/mol. The quantitative estimate of drug-likeness (QED) is 0.456. The van der Waals surface area contributed by atoms with Gasteiger partial charge in [-0.15, -0.1) is 0 Å². The van der Waals surface area contributed by atoms with Gasteiger partial charge in [0.1, 0.15) is 0 Å². The molecule has 22 heavy (non-hydrogen) atoms. The zero-order valence-electron chi connectivity index (χ0n) is 16.0. The average molecular weight is 321 g/mol. The fourth-order valence-electron chi connectivity index (χ4n) is 4.87. The van der Waals surface area contributed by atoms with Gasteiger partial charge in [-0.1, -0.05) is 47.6 Å². The standard InChI is InChI=1S/C20H36OSi/c1-18(2,3)22(7,8)21-13-15-9-14-10-19(4,5)11-16(14)20(6)12-17(15)20/h9,14,16-17H,10-13H2,1-8H3/t14-,16+,17+,20-/m1/s1. The maximum Gasteiger partial charge on any atom is 0.192 e. The molecule has 3 aliphatic rings. The van der Waals surface area contributed by atoms with E-state index in [0.29, 0.717) is 15.9 Å². The molecule has 2 fully saturated rings. The fraction of sp³-hybridized carbons (Fsp3) is 0.900. The second kappa shape index (κ2) is 4.72. The Labute approximate surface area is 139 Å². The SMILES string of the molecule is CC1(C)C[C@H]2C=C(CO[Si](C)(C)C(C)(C)C)[C@@H]3C[C@]3(C)[C@H]2C1. The van der Waals surface area contributed by atoms with E-state index in [1.165, 1.54) is 19.3 Å². The Balaban J connectivity index is 1.74. The lowest BCUT2D eigenvalue weighted by Crippen LogP contribution is -2.41. The van der Waals surface area contributed by atoms with Crippen molar-refractivity contribution < 1.29 is 4.43 Å². The smallest absolute Gasteiger partial charge is 0.192 e. The molecule has 0 bridgehead atoms. The highest BCUT2D eigenvalue weighted by Gasteiger charge is 2.63. The summed E-state index contributed by atoms with van der Waals surface area (Å²) in [6.45, 7) is 20.2. The lowest BCUT2D eigenvalue weighted by molar-refractivity contribution is 0.235. The molecule has 0 aromatic heterocycles. The largest absolute Gasteiger partial charge is 0.413 e. The Kier molecular flexibility index (Phi) is 3.60. The van der Waals surface area contributed by atoms with Gasteiger partial charge >= 0.3 is 0 Å². The molecule has 126 valence electrons. The molecule has 3 aliphatic carbocycles. The van der Waals surface area contributed by atoms with Gasteiger partial charge in [0.15, 0.2) is 8.32 Å². The first-order valence-electron chi connectivity index (χ1n) is 9.20. The van der Waals surface area contributed by atoms with E-state index in [4.69, 9.17) is 4.43 Å². The molecular formula is C20H36OSi. The molecule has 0 spiro atoms. The maximum absolute atomic E-state index is 6.55. The van der Waals surface area contributed by atoms with Crippen LogP contribution in [0.2, 0.25) is 18.1 Å². The van der Waals surface area contributed by atoms with E-state index >= 15 is 0 Å². The number of fused-ring (bicyclic) bond motifs is 3. The van der Waals surface area contributed by atoms with Crippen LogP contribution in [0.4, 0.5) is 0 Å². The number of allylic oxidation sites excluding steroid dienone is 1. The maximum atomic E-state index is 6.55. The summed E-state index contributed by atoms with van der Waals surface area (Å²) in [6.07, 6.45) is 6.87. The summed E-state index contributed by atoms with van der Waals surface area (Å²) in [4.78, 5) is 0. The summed E-state index contributed by atoms with van der Waals surface area (Å²) in [5.41, 5.74) is 2.78. The number of hydrogen-bond donors (Lipinski definition) is 0. The normalized spacial score (nSPS) is 40.0. The minimum Gasteiger partial charge on any atom is -0.413 e. The molecule has 0 aromatic carbocycles. The van der Waals surface area contributed by atoms with Crippen LogP contribution >= 0.6 is 0 Å². The van der Waals surface area contributed by atoms with Crippen molar-refractivity contribution in [1.82, 2.24) is 0 Å². The fourth-order valence-corrected chi connectivity index (χ4v) is 5.83. The lowest BCUT2D eigenvalue weighted by atomic mass is 9.75. The number of hydrogen-bond acceptors (Lipinski definition) is 1. The Morgan fingerprint density at radius 3 is 2.36 bits per heavy atom. The van der Waals surface area contributed by atoms with E-state index < -0.39 is 8.32 Å². The van der Waals surface area contributed by atoms with Crippen LogP contribution in [-0.4, -0.2) is 14.9 Å². The van der Waals surface area contributed by atoms with Gasteiger partial charge in [0, 0.05) is 0 Å². The molecule has 0 N–H and O–H groups in total. The van der Waals surface area contributed by atoms with Crippen LogP contribution in [0.3, 0.4) is 0 Å². The first-order valence-corrected chi connectivity index (χ1v) is 12.1. The molecular weight excluding hydrogens is 284 g/mol. The highest BCUT2D eigenvalue weighted by Crippen LogP contribution is 2.70. The average Bonchev–Trinajstić information content (AvgIpc) is 2.92. The first-order chi connectivity index (χ1) is 9.86. The van der Waals surface area contributed by atoms with Gasteiger partial charge < -0.3 is 4.43 Å². The van der Waals surface area contributed by atoms with E-state index in [9.17, 15) is 0 Å². The van der Waals surface area contributed by atoms with E-state index in [0.717, 1.165) is 24.4 Å². The molecule has 2 heteroatoms. The van der Waals surface area contributed by atoms with Gasteiger partial charge in [-0.2, -0.15) is 0 Å². The molecule has 0 aromatic rings. The number of rotatable bonds is 3. The Hall–Kier alpha value is -0.0831. The molecule has 0 saturated heterocycles. The van der Waals surface area contributed by atoms with Crippen molar-refractivity contribution >= 4 is 8.32 Å². The third kappa shape index (κ3) is 2.64. The van der Waals surface area contributed by atoms with Crippen molar-refractivity contribution in [2.45, 2.75) is 78.9 Å². The van der Waals surface area contributed by atoms with Crippen LogP contribution in [0.15, 0.2) is 11.6 Å². The highest BCUT2D eigenvalue weighted by molar-refractivity contribution is 6.74. The molecule has 0 heterocycles. The van der Waals surface area contributed by atoms with Crippen molar-refractivity contribution in [1.29, 1.82) is 0 Å². The Morgan fingerprint density at radius 2 is 1.77 bits per heavy atom. The summed E-state index contributed by atoms with van der Waals surface area (Å²) in [6, 6.07) is 0. The summed E-state index contributed by atoms with van der Waals surface area (Å²) >= 11 is 0. The van der Waals surface area contributed by atoms with Gasteiger partial charge in [-0.3, -0.25) is 0 Å². The first kappa shape index (κ1) is 16.8. The third-order valence-electron chi connectivity index (χ3n) is 7.49. The van der Waals surface area contributed by atoms with Gasteiger partial charge in [0.05, 0.1) is 6.61 Å². The summed E-state index contributed by atoms with van der Waals surface area (Å²) < 4.78 is 6.55. The van der Waals surface area contributed by atoms with E-state index in [2.05, 4.69) is 60.7 Å². The lowest BCUT2D eigenvalue weighted by Gasteiger charge is -2.37. The minimum atomic E-state index is -1.63. The van der Waals surface area contributed by atoms with Gasteiger partial charge in [-0.25, -0.2) is 0 Å². The molecule has 0 amide bonds. The summed E-state index contributed by atoms with van der Waals surface area (Å²) in [5.74, 6) is 2.58. The predicted octanol–water partition coefficient (Wildman–Crippen LogP) is 6.03. The van der Waals surface area contributed by atoms with Gasteiger partial charge in [0.25, 0.3) is 0 Å². The van der Waals surface area contributed by atoms with Crippen LogP contribution in [-0.2, 0) is 4.43 Å². The second-order valence-corrected chi connectivity index (χ2v) is 15.7. The molecule has 0 radical (unpaired) electrons. The van der Waals surface area contributed by atoms with Crippen molar-refractivity contribution in [3.63, 3.8) is 0 Å². The van der Waals surface area contributed by atoms with Crippen LogP contribution < -0.4 is 0 Å². The zero-order valence-corrected chi connectivity index (χ0v) is 17.0. The van der Waals surface area contributed by atoms with Crippen LogP contribution in [0.1, 0.15) is 60.8 Å². The second-order valence-electron chi connectivity index (χ2n) is 10.9. The van der Waals surface area contributed by atoms with Crippen molar-refractivity contribution in [3.05, 3.63) is 11.6 Å².